The van der Waals surface area contributed by atoms with Gasteiger partial charge in [0, 0.05) is 12.1 Å². The van der Waals surface area contributed by atoms with Crippen molar-refractivity contribution < 1.29 is 17.2 Å². The van der Waals surface area contributed by atoms with Gasteiger partial charge in [0.25, 0.3) is 0 Å². The maximum atomic E-state index is 13.7. The Morgan fingerprint density at radius 3 is 2.57 bits per heavy atom. The normalized spacial score (nSPS) is 11.7. The molecular weight excluding hydrogens is 434 g/mol. The summed E-state index contributed by atoms with van der Waals surface area (Å²) in [5.41, 5.74) is 6.27. The second kappa shape index (κ2) is 7.63. The summed E-state index contributed by atoms with van der Waals surface area (Å²) in [7, 11) is -3.56. The van der Waals surface area contributed by atoms with E-state index in [2.05, 4.69) is 0 Å². The van der Waals surface area contributed by atoms with Crippen molar-refractivity contribution in [2.24, 2.45) is 5.73 Å². The van der Waals surface area contributed by atoms with Crippen molar-refractivity contribution in [2.75, 3.05) is 23.7 Å². The Bertz CT molecular complexity index is 777. The van der Waals surface area contributed by atoms with E-state index in [-0.39, 0.29) is 12.2 Å². The molecule has 5 nitrogen and oxygen atoms in total. The van der Waals surface area contributed by atoms with E-state index in [0.29, 0.717) is 34.5 Å². The first kappa shape index (κ1) is 18.2. The Kier molecular flexibility index (Phi) is 6.04. The van der Waals surface area contributed by atoms with Crippen LogP contribution in [-0.2, 0) is 10.0 Å². The van der Waals surface area contributed by atoms with Crippen molar-refractivity contribution in [3.63, 3.8) is 0 Å². The highest BCUT2D eigenvalue weighted by atomic mass is 127. The quantitative estimate of drug-likeness (QED) is 0.517. The Hall–Kier alpha value is -1.13. The van der Waals surface area contributed by atoms with Crippen LogP contribution < -0.4 is 10.0 Å². The molecule has 0 spiro atoms. The summed E-state index contributed by atoms with van der Waals surface area (Å²) in [6, 6.07) is 7.53. The average molecular weight is 452 g/mol. The molecular formula is C15H18FIN2O3S. The van der Waals surface area contributed by atoms with E-state index in [1.54, 1.807) is 12.1 Å². The average Bonchev–Trinajstić information content (AvgIpc) is 2.88. The van der Waals surface area contributed by atoms with Crippen molar-refractivity contribution in [3.05, 3.63) is 39.9 Å². The fourth-order valence-electron chi connectivity index (χ4n) is 2.24. The highest BCUT2D eigenvalue weighted by molar-refractivity contribution is 14.1. The summed E-state index contributed by atoms with van der Waals surface area (Å²) in [6.07, 6.45) is 2.39. The summed E-state index contributed by atoms with van der Waals surface area (Å²) in [5.74, 6) is -0.00523. The monoisotopic (exact) mass is 452 g/mol. The lowest BCUT2D eigenvalue weighted by Crippen LogP contribution is -2.31. The van der Waals surface area contributed by atoms with Crippen molar-refractivity contribution in [1.29, 1.82) is 0 Å². The van der Waals surface area contributed by atoms with Gasteiger partial charge in [0.05, 0.1) is 11.9 Å². The smallest absolute Gasteiger partial charge is 0.232 e. The predicted molar refractivity (Wildman–Crippen MR) is 97.3 cm³/mol. The lowest BCUT2D eigenvalue weighted by atomic mass is 10.1. The van der Waals surface area contributed by atoms with E-state index in [9.17, 15) is 12.8 Å². The van der Waals surface area contributed by atoms with Crippen LogP contribution in [0.25, 0.3) is 11.3 Å². The maximum absolute atomic E-state index is 13.7. The van der Waals surface area contributed by atoms with Gasteiger partial charge >= 0.3 is 0 Å². The largest absolute Gasteiger partial charge is 0.450 e. The van der Waals surface area contributed by atoms with Crippen LogP contribution in [0.2, 0.25) is 0 Å². The number of hydrogen-bond donors (Lipinski definition) is 1. The van der Waals surface area contributed by atoms with Crippen molar-refractivity contribution in [2.45, 2.75) is 12.8 Å². The van der Waals surface area contributed by atoms with Crippen LogP contribution in [0.5, 0.6) is 0 Å². The third kappa shape index (κ3) is 4.67. The van der Waals surface area contributed by atoms with E-state index < -0.39 is 15.8 Å². The highest BCUT2D eigenvalue weighted by Crippen LogP contribution is 2.34. The summed E-state index contributed by atoms with van der Waals surface area (Å²) in [6.45, 7) is 0.717. The van der Waals surface area contributed by atoms with Gasteiger partial charge in [-0.3, -0.25) is 4.31 Å². The molecule has 8 heteroatoms. The molecule has 2 N–H and O–H groups in total. The molecule has 0 aliphatic carbocycles. The lowest BCUT2D eigenvalue weighted by molar-refractivity contribution is 0.552. The summed E-state index contributed by atoms with van der Waals surface area (Å²) >= 11 is 2.02. The maximum Gasteiger partial charge on any atom is 0.232 e. The van der Waals surface area contributed by atoms with Gasteiger partial charge in [-0.15, -0.1) is 0 Å². The summed E-state index contributed by atoms with van der Waals surface area (Å²) in [4.78, 5) is 0. The van der Waals surface area contributed by atoms with Crippen molar-refractivity contribution >= 4 is 38.3 Å². The van der Waals surface area contributed by atoms with Gasteiger partial charge in [0.1, 0.15) is 11.6 Å². The SMILES string of the molecule is CS(=O)(=O)N(CCCCN)c1cc(F)ccc1-c1ccc(I)o1. The van der Waals surface area contributed by atoms with Crippen molar-refractivity contribution in [1.82, 2.24) is 0 Å². The molecule has 2 rings (SSSR count). The molecule has 1 aromatic carbocycles. The van der Waals surface area contributed by atoms with Crippen LogP contribution in [0.1, 0.15) is 12.8 Å². The number of sulfonamides is 1. The molecule has 0 unspecified atom stereocenters. The number of furan rings is 1. The van der Waals surface area contributed by atoms with Crippen LogP contribution in [0.4, 0.5) is 10.1 Å². The Morgan fingerprint density at radius 2 is 2.00 bits per heavy atom. The van der Waals surface area contributed by atoms with E-state index in [0.717, 1.165) is 6.26 Å². The number of halogens is 2. The number of hydrogen-bond acceptors (Lipinski definition) is 4. The molecule has 2 aromatic rings. The topological polar surface area (TPSA) is 76.5 Å². The molecule has 1 heterocycles. The zero-order chi connectivity index (χ0) is 17.0. The molecule has 0 saturated carbocycles. The van der Waals surface area contributed by atoms with Gasteiger partial charge in [-0.2, -0.15) is 0 Å². The molecule has 0 aliphatic heterocycles. The van der Waals surface area contributed by atoms with Crippen LogP contribution in [0.15, 0.2) is 34.7 Å². The minimum Gasteiger partial charge on any atom is -0.450 e. The number of nitrogens with two attached hydrogens (primary N) is 1. The van der Waals surface area contributed by atoms with Gasteiger partial charge in [0.2, 0.25) is 10.0 Å². The summed E-state index contributed by atoms with van der Waals surface area (Å²) < 4.78 is 45.5. The highest BCUT2D eigenvalue weighted by Gasteiger charge is 2.22. The predicted octanol–water partition coefficient (Wildman–Crippen LogP) is 3.20. The molecule has 0 atom stereocenters. The first-order chi connectivity index (χ1) is 10.8. The molecule has 0 aliphatic rings. The minimum absolute atomic E-state index is 0.240. The minimum atomic E-state index is -3.56. The molecule has 126 valence electrons. The number of benzene rings is 1. The molecule has 0 amide bonds. The third-order valence-corrected chi connectivity index (χ3v) is 5.04. The zero-order valence-electron chi connectivity index (χ0n) is 12.6. The lowest BCUT2D eigenvalue weighted by Gasteiger charge is -2.24. The van der Waals surface area contributed by atoms with Crippen LogP contribution >= 0.6 is 22.6 Å². The van der Waals surface area contributed by atoms with E-state index in [1.165, 1.54) is 22.5 Å². The molecule has 0 bridgehead atoms. The number of unbranched alkanes of at least 4 members (excludes halogenated alkanes) is 1. The molecule has 0 saturated heterocycles. The van der Waals surface area contributed by atoms with Crippen LogP contribution in [0, 0.1) is 9.58 Å². The Morgan fingerprint density at radius 1 is 1.26 bits per heavy atom. The number of anilines is 1. The zero-order valence-corrected chi connectivity index (χ0v) is 15.6. The van der Waals surface area contributed by atoms with Gasteiger partial charge in [-0.25, -0.2) is 12.8 Å². The molecule has 0 radical (unpaired) electrons. The van der Waals surface area contributed by atoms with Gasteiger partial charge in [-0.1, -0.05) is 0 Å². The Balaban J connectivity index is 2.51. The fourth-order valence-corrected chi connectivity index (χ4v) is 3.63. The van der Waals surface area contributed by atoms with Gasteiger partial charge in [0.15, 0.2) is 3.77 Å². The third-order valence-electron chi connectivity index (χ3n) is 3.28. The first-order valence-electron chi connectivity index (χ1n) is 7.06. The molecule has 23 heavy (non-hydrogen) atoms. The molecule has 0 fully saturated rings. The second-order valence-corrected chi connectivity index (χ2v) is 8.07. The number of rotatable bonds is 7. The summed E-state index contributed by atoms with van der Waals surface area (Å²) in [5, 5.41) is 0. The standard InChI is InChI=1S/C15H18FIN2O3S/c1-23(20,21)19(9-3-2-8-18)13-10-11(16)4-5-12(13)14-6-7-15(17)22-14/h4-7,10H,2-3,8-9,18H2,1H3. The second-order valence-electron chi connectivity index (χ2n) is 5.10. The van der Waals surface area contributed by atoms with E-state index in [1.807, 2.05) is 22.6 Å². The van der Waals surface area contributed by atoms with Gasteiger partial charge < -0.3 is 10.2 Å². The number of nitrogens with zero attached hydrogens (tertiary/aromatic N) is 1. The van der Waals surface area contributed by atoms with Crippen molar-refractivity contribution in [3.8, 4) is 11.3 Å². The fraction of sp³-hybridized carbons (Fsp3) is 0.333. The van der Waals surface area contributed by atoms with E-state index >= 15 is 0 Å². The Labute approximate surface area is 148 Å². The van der Waals surface area contributed by atoms with Crippen LogP contribution in [0.3, 0.4) is 0 Å². The molecule has 1 aromatic heterocycles. The van der Waals surface area contributed by atoms with E-state index in [4.69, 9.17) is 10.2 Å². The van der Waals surface area contributed by atoms with Crippen LogP contribution in [-0.4, -0.2) is 27.8 Å². The van der Waals surface area contributed by atoms with Gasteiger partial charge in [-0.05, 0) is 72.3 Å². The first-order valence-corrected chi connectivity index (χ1v) is 9.98.